The minimum atomic E-state index is 0.210. The predicted octanol–water partition coefficient (Wildman–Crippen LogP) is 2.81. The molecule has 0 fully saturated rings. The molecular formula is C14H24N2. The molecule has 0 radical (unpaired) electrons. The Hall–Kier alpha value is -1.02. The third-order valence-corrected chi connectivity index (χ3v) is 3.07. The largest absolute Gasteiger partial charge is 0.398 e. The third kappa shape index (κ3) is 3.24. The Morgan fingerprint density at radius 3 is 2.56 bits per heavy atom. The van der Waals surface area contributed by atoms with Crippen LogP contribution in [-0.2, 0) is 12.8 Å². The second-order valence-electron chi connectivity index (χ2n) is 4.70. The highest BCUT2D eigenvalue weighted by molar-refractivity contribution is 5.53. The van der Waals surface area contributed by atoms with Gasteiger partial charge in [0.25, 0.3) is 0 Å². The highest BCUT2D eigenvalue weighted by Gasteiger charge is 2.08. The average Bonchev–Trinajstić information content (AvgIpc) is 2.22. The number of anilines is 1. The first-order valence-electron chi connectivity index (χ1n) is 6.18. The van der Waals surface area contributed by atoms with Crippen LogP contribution < -0.4 is 11.5 Å². The molecule has 0 heterocycles. The summed E-state index contributed by atoms with van der Waals surface area (Å²) in [7, 11) is 0. The van der Waals surface area contributed by atoms with Gasteiger partial charge >= 0.3 is 0 Å². The van der Waals surface area contributed by atoms with Gasteiger partial charge in [0.05, 0.1) is 0 Å². The number of rotatable bonds is 5. The number of unbranched alkanes of at least 4 members (excludes halogenated alkanes) is 1. The minimum Gasteiger partial charge on any atom is -0.398 e. The summed E-state index contributed by atoms with van der Waals surface area (Å²) in [6, 6.07) is 4.35. The summed E-state index contributed by atoms with van der Waals surface area (Å²) in [5.41, 5.74) is 16.8. The fraction of sp³-hybridized carbons (Fsp3) is 0.571. The van der Waals surface area contributed by atoms with E-state index in [1.807, 2.05) is 13.0 Å². The van der Waals surface area contributed by atoms with Gasteiger partial charge in [0.15, 0.2) is 0 Å². The van der Waals surface area contributed by atoms with Gasteiger partial charge in [0.1, 0.15) is 0 Å². The monoisotopic (exact) mass is 220 g/mol. The van der Waals surface area contributed by atoms with Crippen LogP contribution in [0.2, 0.25) is 0 Å². The summed E-state index contributed by atoms with van der Waals surface area (Å²) < 4.78 is 0. The Kier molecular flexibility index (Phi) is 4.81. The first kappa shape index (κ1) is 13.0. The second kappa shape index (κ2) is 5.90. The van der Waals surface area contributed by atoms with E-state index in [1.165, 1.54) is 29.5 Å². The number of hydrogen-bond donors (Lipinski definition) is 2. The molecule has 1 aromatic carbocycles. The summed E-state index contributed by atoms with van der Waals surface area (Å²) in [5.74, 6) is 0. The van der Waals surface area contributed by atoms with Crippen LogP contribution in [0, 0.1) is 6.92 Å². The van der Waals surface area contributed by atoms with Crippen LogP contribution in [0.4, 0.5) is 5.69 Å². The first-order valence-corrected chi connectivity index (χ1v) is 6.18. The van der Waals surface area contributed by atoms with Crippen LogP contribution in [-0.4, -0.2) is 6.04 Å². The molecule has 1 atom stereocenters. The van der Waals surface area contributed by atoms with Crippen molar-refractivity contribution in [3.05, 3.63) is 28.8 Å². The summed E-state index contributed by atoms with van der Waals surface area (Å²) in [6.07, 6.45) is 4.43. The lowest BCUT2D eigenvalue weighted by molar-refractivity contribution is 0.730. The molecule has 0 aromatic heterocycles. The highest BCUT2D eigenvalue weighted by Crippen LogP contribution is 2.23. The van der Waals surface area contributed by atoms with Crippen molar-refractivity contribution in [1.82, 2.24) is 0 Å². The van der Waals surface area contributed by atoms with E-state index in [2.05, 4.69) is 19.9 Å². The maximum atomic E-state index is 6.03. The molecule has 0 bridgehead atoms. The normalized spacial score (nSPS) is 12.8. The molecule has 2 nitrogen and oxygen atoms in total. The lowest BCUT2D eigenvalue weighted by Crippen LogP contribution is -2.19. The molecule has 0 aliphatic rings. The van der Waals surface area contributed by atoms with Crippen LogP contribution in [0.3, 0.4) is 0 Å². The minimum absolute atomic E-state index is 0.210. The molecule has 16 heavy (non-hydrogen) atoms. The van der Waals surface area contributed by atoms with Crippen LogP contribution in [0.25, 0.3) is 0 Å². The van der Waals surface area contributed by atoms with Gasteiger partial charge in [-0.3, -0.25) is 0 Å². The molecule has 0 aliphatic heterocycles. The summed E-state index contributed by atoms with van der Waals surface area (Å²) >= 11 is 0. The van der Waals surface area contributed by atoms with Crippen molar-refractivity contribution in [3.8, 4) is 0 Å². The fourth-order valence-corrected chi connectivity index (χ4v) is 2.08. The van der Waals surface area contributed by atoms with Crippen molar-refractivity contribution in [2.45, 2.75) is 52.5 Å². The second-order valence-corrected chi connectivity index (χ2v) is 4.70. The molecule has 0 spiro atoms. The van der Waals surface area contributed by atoms with Crippen molar-refractivity contribution in [1.29, 1.82) is 0 Å². The van der Waals surface area contributed by atoms with Gasteiger partial charge in [0, 0.05) is 11.7 Å². The molecule has 0 aliphatic carbocycles. The van der Waals surface area contributed by atoms with Gasteiger partial charge in [-0.15, -0.1) is 0 Å². The van der Waals surface area contributed by atoms with Crippen molar-refractivity contribution >= 4 is 5.69 Å². The first-order chi connectivity index (χ1) is 7.56. The molecule has 1 aromatic rings. The van der Waals surface area contributed by atoms with Crippen molar-refractivity contribution in [2.75, 3.05) is 5.73 Å². The summed E-state index contributed by atoms with van der Waals surface area (Å²) in [5, 5.41) is 0. The van der Waals surface area contributed by atoms with Gasteiger partial charge < -0.3 is 11.5 Å². The van der Waals surface area contributed by atoms with Gasteiger partial charge in [-0.2, -0.15) is 0 Å². The van der Waals surface area contributed by atoms with Crippen LogP contribution in [0.1, 0.15) is 43.4 Å². The Bertz CT molecular complexity index is 343. The molecule has 4 N–H and O–H groups in total. The van der Waals surface area contributed by atoms with Crippen LogP contribution >= 0.6 is 0 Å². The Balaban J connectivity index is 2.96. The van der Waals surface area contributed by atoms with E-state index < -0.39 is 0 Å². The van der Waals surface area contributed by atoms with Crippen LogP contribution in [0.5, 0.6) is 0 Å². The molecule has 0 saturated heterocycles. The highest BCUT2D eigenvalue weighted by atomic mass is 14.6. The molecule has 2 heteroatoms. The average molecular weight is 220 g/mol. The van der Waals surface area contributed by atoms with E-state index in [-0.39, 0.29) is 6.04 Å². The quantitative estimate of drug-likeness (QED) is 0.750. The Morgan fingerprint density at radius 2 is 2.00 bits per heavy atom. The topological polar surface area (TPSA) is 52.0 Å². The van der Waals surface area contributed by atoms with Crippen molar-refractivity contribution < 1.29 is 0 Å². The van der Waals surface area contributed by atoms with E-state index in [4.69, 9.17) is 11.5 Å². The molecule has 0 saturated carbocycles. The third-order valence-electron chi connectivity index (χ3n) is 3.07. The van der Waals surface area contributed by atoms with Gasteiger partial charge in [-0.05, 0) is 55.9 Å². The van der Waals surface area contributed by atoms with E-state index in [1.54, 1.807) is 0 Å². The Morgan fingerprint density at radius 1 is 1.31 bits per heavy atom. The summed E-state index contributed by atoms with van der Waals surface area (Å²) in [4.78, 5) is 0. The number of benzene rings is 1. The molecule has 1 unspecified atom stereocenters. The maximum absolute atomic E-state index is 6.03. The van der Waals surface area contributed by atoms with E-state index in [9.17, 15) is 0 Å². The number of nitrogen functional groups attached to an aromatic ring is 1. The van der Waals surface area contributed by atoms with Crippen molar-refractivity contribution in [2.24, 2.45) is 5.73 Å². The van der Waals surface area contributed by atoms with Crippen LogP contribution in [0.15, 0.2) is 12.1 Å². The SMILES string of the molecule is CCCCc1c(N)ccc(CC(C)N)c1C. The number of nitrogens with two attached hydrogens (primary N) is 2. The summed E-state index contributed by atoms with van der Waals surface area (Å²) in [6.45, 7) is 6.41. The van der Waals surface area contributed by atoms with Crippen molar-refractivity contribution in [3.63, 3.8) is 0 Å². The van der Waals surface area contributed by atoms with Gasteiger partial charge in [-0.25, -0.2) is 0 Å². The molecule has 1 rings (SSSR count). The zero-order chi connectivity index (χ0) is 12.1. The van der Waals surface area contributed by atoms with Gasteiger partial charge in [-0.1, -0.05) is 19.4 Å². The lowest BCUT2D eigenvalue weighted by atomic mass is 9.93. The standard InChI is InChI=1S/C14H24N2/c1-4-5-6-13-11(3)12(9-10(2)15)7-8-14(13)16/h7-8,10H,4-6,9,15-16H2,1-3H3. The molecular weight excluding hydrogens is 196 g/mol. The van der Waals surface area contributed by atoms with E-state index >= 15 is 0 Å². The maximum Gasteiger partial charge on any atom is 0.0349 e. The lowest BCUT2D eigenvalue weighted by Gasteiger charge is -2.15. The zero-order valence-electron chi connectivity index (χ0n) is 10.7. The smallest absolute Gasteiger partial charge is 0.0349 e. The zero-order valence-corrected chi connectivity index (χ0v) is 10.7. The fourth-order valence-electron chi connectivity index (χ4n) is 2.08. The van der Waals surface area contributed by atoms with E-state index in [0.29, 0.717) is 0 Å². The van der Waals surface area contributed by atoms with Gasteiger partial charge in [0.2, 0.25) is 0 Å². The Labute approximate surface area is 99.0 Å². The predicted molar refractivity (Wildman–Crippen MR) is 71.6 cm³/mol. The van der Waals surface area contributed by atoms with E-state index in [0.717, 1.165) is 18.5 Å². The number of hydrogen-bond acceptors (Lipinski definition) is 2. The molecule has 90 valence electrons. The molecule has 0 amide bonds.